The first-order chi connectivity index (χ1) is 9.40. The fourth-order valence-electron chi connectivity index (χ4n) is 2.22. The zero-order valence-electron chi connectivity index (χ0n) is 11.5. The lowest BCUT2D eigenvalue weighted by molar-refractivity contribution is -0.146. The number of carbonyl (C=O) groups excluding carboxylic acids is 2. The highest BCUT2D eigenvalue weighted by Gasteiger charge is 2.38. The molecular formula is C12H20N2O6. The molecule has 0 aromatic heterocycles. The van der Waals surface area contributed by atoms with Gasteiger partial charge in [0.25, 0.3) is 0 Å². The largest absolute Gasteiger partial charge is 0.480 e. The molecule has 1 heterocycles. The maximum absolute atomic E-state index is 12.0. The van der Waals surface area contributed by atoms with E-state index in [9.17, 15) is 14.4 Å². The molecule has 8 nitrogen and oxygen atoms in total. The first-order valence-electron chi connectivity index (χ1n) is 6.37. The molecule has 0 bridgehead atoms. The third-order valence-corrected chi connectivity index (χ3v) is 3.42. The number of amides is 2. The van der Waals surface area contributed by atoms with Gasteiger partial charge >= 0.3 is 18.0 Å². The highest BCUT2D eigenvalue weighted by molar-refractivity contribution is 5.83. The highest BCUT2D eigenvalue weighted by Crippen LogP contribution is 2.24. The number of methoxy groups -OCH3 is 1. The Labute approximate surface area is 116 Å². The van der Waals surface area contributed by atoms with E-state index in [1.165, 1.54) is 12.0 Å². The molecule has 0 radical (unpaired) electrons. The topological polar surface area (TPSA) is 116 Å². The molecule has 3 N–H and O–H groups in total. The van der Waals surface area contributed by atoms with Crippen molar-refractivity contribution in [2.45, 2.75) is 19.4 Å². The molecule has 0 aromatic carbocycles. The molecule has 1 saturated heterocycles. The van der Waals surface area contributed by atoms with Gasteiger partial charge in [-0.05, 0) is 5.92 Å². The van der Waals surface area contributed by atoms with Crippen LogP contribution in [-0.4, -0.2) is 65.9 Å². The Morgan fingerprint density at radius 1 is 1.40 bits per heavy atom. The summed E-state index contributed by atoms with van der Waals surface area (Å²) in [6, 6.07) is -1.69. The summed E-state index contributed by atoms with van der Waals surface area (Å²) in [7, 11) is 1.29. The van der Waals surface area contributed by atoms with Gasteiger partial charge in [0.1, 0.15) is 6.04 Å². The number of nitrogens with one attached hydrogen (secondary N) is 1. The third-order valence-electron chi connectivity index (χ3n) is 3.42. The molecule has 0 spiro atoms. The van der Waals surface area contributed by atoms with Crippen LogP contribution in [0.5, 0.6) is 0 Å². The first kappa shape index (κ1) is 16.2. The Bertz CT molecular complexity index is 386. The Morgan fingerprint density at radius 3 is 2.55 bits per heavy atom. The van der Waals surface area contributed by atoms with Crippen LogP contribution in [0.3, 0.4) is 0 Å². The second-order valence-corrected chi connectivity index (χ2v) is 4.86. The lowest BCUT2D eigenvalue weighted by atomic mass is 9.99. The quantitative estimate of drug-likeness (QED) is 0.574. The number of likely N-dealkylation sites (tertiary alicyclic amines) is 1. The van der Waals surface area contributed by atoms with Gasteiger partial charge in [0, 0.05) is 26.1 Å². The Kier molecular flexibility index (Phi) is 5.75. The van der Waals surface area contributed by atoms with Crippen molar-refractivity contribution in [2.75, 3.05) is 26.8 Å². The molecule has 114 valence electrons. The molecule has 0 aromatic rings. The number of hydrogen-bond donors (Lipinski definition) is 3. The predicted molar refractivity (Wildman–Crippen MR) is 67.9 cm³/mol. The number of aliphatic carboxylic acids is 1. The number of nitrogens with zero attached hydrogens (tertiary/aromatic N) is 1. The van der Waals surface area contributed by atoms with Crippen molar-refractivity contribution in [2.24, 2.45) is 11.8 Å². The minimum absolute atomic E-state index is 0.0469. The number of rotatable bonds is 5. The van der Waals surface area contributed by atoms with Crippen LogP contribution in [0.4, 0.5) is 4.79 Å². The van der Waals surface area contributed by atoms with Gasteiger partial charge in [0.2, 0.25) is 0 Å². The Balaban J connectivity index is 2.61. The molecule has 1 rings (SSSR count). The van der Waals surface area contributed by atoms with Crippen molar-refractivity contribution in [3.63, 3.8) is 0 Å². The van der Waals surface area contributed by atoms with E-state index < -0.39 is 24.0 Å². The van der Waals surface area contributed by atoms with E-state index >= 15 is 0 Å². The molecule has 2 unspecified atom stereocenters. The van der Waals surface area contributed by atoms with Crippen LogP contribution >= 0.6 is 0 Å². The van der Waals surface area contributed by atoms with Crippen molar-refractivity contribution in [3.05, 3.63) is 0 Å². The summed E-state index contributed by atoms with van der Waals surface area (Å²) in [6.07, 6.45) is -0.0646. The van der Waals surface area contributed by atoms with E-state index in [4.69, 9.17) is 10.2 Å². The second kappa shape index (κ2) is 7.09. The van der Waals surface area contributed by atoms with Gasteiger partial charge in [-0.3, -0.25) is 4.79 Å². The SMILES string of the molecule is COC(=O)C1CN(C(=O)N[C@@H](CCO)C(=O)O)CC1C. The summed E-state index contributed by atoms with van der Waals surface area (Å²) in [5, 5.41) is 20.0. The standard InChI is InChI=1S/C12H20N2O6/c1-7-5-14(6-8(7)11(18)20-2)12(19)13-9(3-4-15)10(16)17/h7-9,15H,3-6H2,1-2H3,(H,13,19)(H,16,17)/t7?,8?,9-/m0/s1. The molecule has 20 heavy (non-hydrogen) atoms. The van der Waals surface area contributed by atoms with Gasteiger partial charge in [-0.25, -0.2) is 9.59 Å². The van der Waals surface area contributed by atoms with Crippen LogP contribution in [0.2, 0.25) is 0 Å². The van der Waals surface area contributed by atoms with Crippen molar-refractivity contribution < 1.29 is 29.3 Å². The van der Waals surface area contributed by atoms with Crippen LogP contribution in [0, 0.1) is 11.8 Å². The van der Waals surface area contributed by atoms with Crippen LogP contribution in [0.25, 0.3) is 0 Å². The summed E-state index contributed by atoms with van der Waals surface area (Å²) < 4.78 is 4.67. The number of urea groups is 1. The molecule has 3 atom stereocenters. The van der Waals surface area contributed by atoms with E-state index in [0.29, 0.717) is 6.54 Å². The molecule has 0 aliphatic carbocycles. The number of aliphatic hydroxyl groups excluding tert-OH is 1. The molecule has 8 heteroatoms. The van der Waals surface area contributed by atoms with E-state index in [1.54, 1.807) is 0 Å². The van der Waals surface area contributed by atoms with Gasteiger partial charge in [0.15, 0.2) is 0 Å². The smallest absolute Gasteiger partial charge is 0.326 e. The number of carbonyl (C=O) groups is 3. The maximum atomic E-state index is 12.0. The molecule has 1 aliphatic heterocycles. The second-order valence-electron chi connectivity index (χ2n) is 4.86. The van der Waals surface area contributed by atoms with Crippen molar-refractivity contribution in [1.29, 1.82) is 0 Å². The number of esters is 1. The highest BCUT2D eigenvalue weighted by atomic mass is 16.5. The van der Waals surface area contributed by atoms with E-state index in [2.05, 4.69) is 10.1 Å². The average Bonchev–Trinajstić information content (AvgIpc) is 2.79. The monoisotopic (exact) mass is 288 g/mol. The third kappa shape index (κ3) is 3.83. The molecule has 1 aliphatic rings. The molecular weight excluding hydrogens is 268 g/mol. The number of ether oxygens (including phenoxy) is 1. The Morgan fingerprint density at radius 2 is 2.05 bits per heavy atom. The summed E-state index contributed by atoms with van der Waals surface area (Å²) in [5.74, 6) is -2.02. The van der Waals surface area contributed by atoms with Crippen molar-refractivity contribution in [3.8, 4) is 0 Å². The van der Waals surface area contributed by atoms with E-state index in [0.717, 1.165) is 0 Å². The summed E-state index contributed by atoms with van der Waals surface area (Å²) in [4.78, 5) is 35.8. The number of carboxylic acids is 1. The van der Waals surface area contributed by atoms with Crippen LogP contribution < -0.4 is 5.32 Å². The minimum Gasteiger partial charge on any atom is -0.480 e. The molecule has 0 saturated carbocycles. The average molecular weight is 288 g/mol. The zero-order chi connectivity index (χ0) is 15.3. The van der Waals surface area contributed by atoms with Crippen LogP contribution in [0.1, 0.15) is 13.3 Å². The summed E-state index contributed by atoms with van der Waals surface area (Å²) >= 11 is 0. The van der Waals surface area contributed by atoms with Crippen LogP contribution in [-0.2, 0) is 14.3 Å². The summed E-state index contributed by atoms with van der Waals surface area (Å²) in [5.41, 5.74) is 0. The van der Waals surface area contributed by atoms with Gasteiger partial charge in [-0.15, -0.1) is 0 Å². The fraction of sp³-hybridized carbons (Fsp3) is 0.750. The number of carboxylic acid groups (broad SMARTS) is 1. The van der Waals surface area contributed by atoms with Gasteiger partial charge in [-0.1, -0.05) is 6.92 Å². The predicted octanol–water partition coefficient (Wildman–Crippen LogP) is -0.727. The maximum Gasteiger partial charge on any atom is 0.326 e. The number of aliphatic hydroxyl groups is 1. The van der Waals surface area contributed by atoms with E-state index in [-0.39, 0.29) is 31.5 Å². The Hall–Kier alpha value is -1.83. The number of hydrogen-bond acceptors (Lipinski definition) is 5. The van der Waals surface area contributed by atoms with E-state index in [1.807, 2.05) is 6.92 Å². The van der Waals surface area contributed by atoms with Crippen LogP contribution in [0.15, 0.2) is 0 Å². The first-order valence-corrected chi connectivity index (χ1v) is 6.37. The lowest BCUT2D eigenvalue weighted by Crippen LogP contribution is -2.47. The molecule has 2 amide bonds. The molecule has 1 fully saturated rings. The summed E-state index contributed by atoms with van der Waals surface area (Å²) in [6.45, 7) is 2.05. The van der Waals surface area contributed by atoms with Gasteiger partial charge in [-0.2, -0.15) is 0 Å². The minimum atomic E-state index is -1.20. The van der Waals surface area contributed by atoms with Gasteiger partial charge in [0.05, 0.1) is 13.0 Å². The fourth-order valence-corrected chi connectivity index (χ4v) is 2.22. The van der Waals surface area contributed by atoms with Gasteiger partial charge < -0.3 is 25.2 Å². The lowest BCUT2D eigenvalue weighted by Gasteiger charge is -2.20. The zero-order valence-corrected chi connectivity index (χ0v) is 11.5. The normalized spacial score (nSPS) is 23.2. The van der Waals surface area contributed by atoms with Crippen molar-refractivity contribution in [1.82, 2.24) is 10.2 Å². The van der Waals surface area contributed by atoms with Crippen molar-refractivity contribution >= 4 is 18.0 Å².